The molecule has 1 aromatic rings. The number of para-hydroxylation sites is 2. The minimum absolute atomic E-state index is 0.0172. The second-order valence-corrected chi connectivity index (χ2v) is 6.06. The molecule has 0 saturated heterocycles. The van der Waals surface area contributed by atoms with E-state index < -0.39 is 0 Å². The molecule has 24 heavy (non-hydrogen) atoms. The first kappa shape index (κ1) is 20.0. The Bertz CT molecular complexity index is 546. The van der Waals surface area contributed by atoms with Crippen LogP contribution in [-0.4, -0.2) is 61.4 Å². The highest BCUT2D eigenvalue weighted by Crippen LogP contribution is 2.22. The topological polar surface area (TPSA) is 61.9 Å². The van der Waals surface area contributed by atoms with Gasteiger partial charge < -0.3 is 15.0 Å². The third-order valence-corrected chi connectivity index (χ3v) is 3.81. The molecule has 2 amide bonds. The Labute approximate surface area is 144 Å². The van der Waals surface area contributed by atoms with E-state index in [0.29, 0.717) is 18.0 Å². The Balaban J connectivity index is 2.67. The van der Waals surface area contributed by atoms with Crippen LogP contribution in [0.3, 0.4) is 0 Å². The largest absolute Gasteiger partial charge is 0.495 e. The lowest BCUT2D eigenvalue weighted by molar-refractivity contribution is -0.133. The number of anilines is 1. The van der Waals surface area contributed by atoms with E-state index in [2.05, 4.69) is 5.32 Å². The molecular weight excluding hydrogens is 306 g/mol. The van der Waals surface area contributed by atoms with Crippen molar-refractivity contribution in [1.82, 2.24) is 9.80 Å². The number of hydrogen-bond donors (Lipinski definition) is 1. The number of amides is 2. The molecule has 0 aliphatic heterocycles. The van der Waals surface area contributed by atoms with Crippen molar-refractivity contribution in [2.75, 3.05) is 39.1 Å². The van der Waals surface area contributed by atoms with E-state index in [1.165, 1.54) is 0 Å². The van der Waals surface area contributed by atoms with Crippen LogP contribution in [0.2, 0.25) is 0 Å². The molecule has 0 radical (unpaired) electrons. The molecule has 0 unspecified atom stereocenters. The molecule has 0 saturated carbocycles. The van der Waals surface area contributed by atoms with Gasteiger partial charge in [0.15, 0.2) is 0 Å². The second-order valence-electron chi connectivity index (χ2n) is 6.06. The number of benzene rings is 1. The van der Waals surface area contributed by atoms with Crippen LogP contribution in [0.15, 0.2) is 24.3 Å². The van der Waals surface area contributed by atoms with Gasteiger partial charge in [0, 0.05) is 13.1 Å². The summed E-state index contributed by atoms with van der Waals surface area (Å²) in [5.74, 6) is 0.472. The maximum absolute atomic E-state index is 12.3. The summed E-state index contributed by atoms with van der Waals surface area (Å²) in [7, 11) is 3.35. The van der Waals surface area contributed by atoms with Crippen molar-refractivity contribution in [3.63, 3.8) is 0 Å². The van der Waals surface area contributed by atoms with Gasteiger partial charge in [0.05, 0.1) is 25.9 Å². The van der Waals surface area contributed by atoms with Gasteiger partial charge in [0.1, 0.15) is 5.75 Å². The standard InChI is InChI=1S/C18H29N3O3/c1-6-11-21(13-18(23)20(4)14(2)3)12-17(22)19-15-9-7-8-10-16(15)24-5/h7-10,14H,6,11-13H2,1-5H3,(H,19,22). The Kier molecular flexibility index (Phi) is 8.26. The lowest BCUT2D eigenvalue weighted by atomic mass is 10.3. The van der Waals surface area contributed by atoms with Crippen LogP contribution >= 0.6 is 0 Å². The van der Waals surface area contributed by atoms with Gasteiger partial charge in [0.25, 0.3) is 0 Å². The predicted octanol–water partition coefficient (Wildman–Crippen LogP) is 2.21. The smallest absolute Gasteiger partial charge is 0.238 e. The van der Waals surface area contributed by atoms with Crippen LogP contribution < -0.4 is 10.1 Å². The van der Waals surface area contributed by atoms with Crippen molar-refractivity contribution in [1.29, 1.82) is 0 Å². The first-order valence-electron chi connectivity index (χ1n) is 8.29. The molecule has 1 N–H and O–H groups in total. The van der Waals surface area contributed by atoms with Gasteiger partial charge in [-0.1, -0.05) is 19.1 Å². The van der Waals surface area contributed by atoms with Crippen LogP contribution in [0.4, 0.5) is 5.69 Å². The number of likely N-dealkylation sites (N-methyl/N-ethyl adjacent to an activating group) is 1. The van der Waals surface area contributed by atoms with E-state index in [1.54, 1.807) is 31.2 Å². The van der Waals surface area contributed by atoms with Crippen LogP contribution in [0, 0.1) is 0 Å². The zero-order valence-electron chi connectivity index (χ0n) is 15.3. The molecule has 0 spiro atoms. The molecule has 134 valence electrons. The molecule has 6 heteroatoms. The van der Waals surface area contributed by atoms with E-state index in [-0.39, 0.29) is 30.9 Å². The van der Waals surface area contributed by atoms with Crippen LogP contribution in [0.1, 0.15) is 27.2 Å². The fourth-order valence-electron chi connectivity index (χ4n) is 2.26. The van der Waals surface area contributed by atoms with Gasteiger partial charge in [0.2, 0.25) is 11.8 Å². The number of carbonyl (C=O) groups excluding carboxylic acids is 2. The van der Waals surface area contributed by atoms with Gasteiger partial charge in [-0.2, -0.15) is 0 Å². The van der Waals surface area contributed by atoms with Crippen LogP contribution in [0.25, 0.3) is 0 Å². The summed E-state index contributed by atoms with van der Waals surface area (Å²) in [5.41, 5.74) is 0.632. The average molecular weight is 335 g/mol. The summed E-state index contributed by atoms with van der Waals surface area (Å²) in [5, 5.41) is 2.85. The van der Waals surface area contributed by atoms with E-state index >= 15 is 0 Å². The normalized spacial score (nSPS) is 10.8. The molecule has 1 rings (SSSR count). The third kappa shape index (κ3) is 6.20. The number of nitrogens with zero attached hydrogens (tertiary/aromatic N) is 2. The molecule has 0 aliphatic carbocycles. The lowest BCUT2D eigenvalue weighted by Crippen LogP contribution is -2.44. The molecule has 0 aliphatic rings. The Morgan fingerprint density at radius 1 is 1.21 bits per heavy atom. The number of hydrogen-bond acceptors (Lipinski definition) is 4. The minimum Gasteiger partial charge on any atom is -0.495 e. The first-order valence-corrected chi connectivity index (χ1v) is 8.29. The number of nitrogens with one attached hydrogen (secondary N) is 1. The van der Waals surface area contributed by atoms with Crippen LogP contribution in [0.5, 0.6) is 5.75 Å². The Hall–Kier alpha value is -2.08. The summed E-state index contributed by atoms with van der Waals surface area (Å²) in [6.07, 6.45) is 0.876. The monoisotopic (exact) mass is 335 g/mol. The zero-order chi connectivity index (χ0) is 18.1. The number of carbonyl (C=O) groups is 2. The fraction of sp³-hybridized carbons (Fsp3) is 0.556. The number of ether oxygens (including phenoxy) is 1. The molecule has 0 heterocycles. The van der Waals surface area contributed by atoms with E-state index in [9.17, 15) is 9.59 Å². The van der Waals surface area contributed by atoms with Gasteiger partial charge >= 0.3 is 0 Å². The summed E-state index contributed by atoms with van der Waals surface area (Å²) >= 11 is 0. The highest BCUT2D eigenvalue weighted by atomic mass is 16.5. The fourth-order valence-corrected chi connectivity index (χ4v) is 2.26. The maximum atomic E-state index is 12.3. The number of rotatable bonds is 9. The van der Waals surface area contributed by atoms with E-state index in [0.717, 1.165) is 6.42 Å². The quantitative estimate of drug-likeness (QED) is 0.752. The molecule has 6 nitrogen and oxygen atoms in total. The van der Waals surface area contributed by atoms with Gasteiger partial charge in [-0.05, 0) is 38.9 Å². The molecule has 1 aromatic carbocycles. The van der Waals surface area contributed by atoms with Gasteiger partial charge in [-0.3, -0.25) is 14.5 Å². The summed E-state index contributed by atoms with van der Waals surface area (Å²) in [6, 6.07) is 7.41. The Morgan fingerprint density at radius 2 is 1.88 bits per heavy atom. The van der Waals surface area contributed by atoms with Crippen molar-refractivity contribution < 1.29 is 14.3 Å². The average Bonchev–Trinajstić information content (AvgIpc) is 2.54. The van der Waals surface area contributed by atoms with Gasteiger partial charge in [-0.25, -0.2) is 0 Å². The van der Waals surface area contributed by atoms with Crippen molar-refractivity contribution >= 4 is 17.5 Å². The van der Waals surface area contributed by atoms with Crippen molar-refractivity contribution in [3.05, 3.63) is 24.3 Å². The first-order chi connectivity index (χ1) is 11.4. The maximum Gasteiger partial charge on any atom is 0.238 e. The predicted molar refractivity (Wildman–Crippen MR) is 96.3 cm³/mol. The third-order valence-electron chi connectivity index (χ3n) is 3.81. The minimum atomic E-state index is -0.159. The highest BCUT2D eigenvalue weighted by Gasteiger charge is 2.18. The lowest BCUT2D eigenvalue weighted by Gasteiger charge is -2.26. The van der Waals surface area contributed by atoms with Gasteiger partial charge in [-0.15, -0.1) is 0 Å². The zero-order valence-corrected chi connectivity index (χ0v) is 15.3. The Morgan fingerprint density at radius 3 is 2.46 bits per heavy atom. The van der Waals surface area contributed by atoms with Crippen LogP contribution in [-0.2, 0) is 9.59 Å². The molecule has 0 fully saturated rings. The molecular formula is C18H29N3O3. The van der Waals surface area contributed by atoms with E-state index in [4.69, 9.17) is 4.74 Å². The molecule has 0 aromatic heterocycles. The SMILES string of the molecule is CCCN(CC(=O)Nc1ccccc1OC)CC(=O)N(C)C(C)C. The van der Waals surface area contributed by atoms with E-state index in [1.807, 2.05) is 37.8 Å². The van der Waals surface area contributed by atoms with Crippen molar-refractivity contribution in [2.45, 2.75) is 33.2 Å². The highest BCUT2D eigenvalue weighted by molar-refractivity contribution is 5.94. The summed E-state index contributed by atoms with van der Waals surface area (Å²) in [6.45, 7) is 7.07. The summed E-state index contributed by atoms with van der Waals surface area (Å²) < 4.78 is 5.23. The summed E-state index contributed by atoms with van der Waals surface area (Å²) in [4.78, 5) is 28.1. The van der Waals surface area contributed by atoms with Crippen molar-refractivity contribution in [3.8, 4) is 5.75 Å². The van der Waals surface area contributed by atoms with Crippen molar-refractivity contribution in [2.24, 2.45) is 0 Å². The molecule has 0 bridgehead atoms. The molecule has 0 atom stereocenters. The number of methoxy groups -OCH3 is 1. The second kappa shape index (κ2) is 9.93.